The number of thioether (sulfide) groups is 1. The summed E-state index contributed by atoms with van der Waals surface area (Å²) in [6, 6.07) is 11.6. The van der Waals surface area contributed by atoms with Crippen molar-refractivity contribution in [1.82, 2.24) is 9.55 Å². The van der Waals surface area contributed by atoms with E-state index in [4.69, 9.17) is 0 Å². The van der Waals surface area contributed by atoms with E-state index in [-0.39, 0.29) is 17.3 Å². The number of nitrogens with zero attached hydrogens (tertiary/aromatic N) is 2. The number of benzene rings is 2. The summed E-state index contributed by atoms with van der Waals surface area (Å²) >= 11 is 1.19. The lowest BCUT2D eigenvalue weighted by molar-refractivity contribution is -0.137. The third-order valence-corrected chi connectivity index (χ3v) is 4.45. The second kappa shape index (κ2) is 5.81. The minimum atomic E-state index is -0.349. The lowest BCUT2D eigenvalue weighted by Gasteiger charge is -2.09. The van der Waals surface area contributed by atoms with Crippen molar-refractivity contribution in [2.24, 2.45) is 7.05 Å². The summed E-state index contributed by atoms with van der Waals surface area (Å²) in [7, 11) is 2.99. The smallest absolute Gasteiger partial charge is 0.316 e. The van der Waals surface area contributed by atoms with Gasteiger partial charge in [-0.1, -0.05) is 36.0 Å². The van der Waals surface area contributed by atoms with E-state index in [0.717, 1.165) is 10.8 Å². The Morgan fingerprint density at radius 2 is 1.95 bits per heavy atom. The zero-order valence-corrected chi connectivity index (χ0v) is 13.0. The van der Waals surface area contributed by atoms with Gasteiger partial charge in [-0.3, -0.25) is 14.2 Å². The van der Waals surface area contributed by atoms with E-state index >= 15 is 0 Å². The van der Waals surface area contributed by atoms with E-state index < -0.39 is 0 Å². The molecular weight excluding hydrogens is 300 g/mol. The van der Waals surface area contributed by atoms with Crippen LogP contribution in [0.4, 0.5) is 0 Å². The molecular formula is C16H14N2O3S. The molecule has 0 spiro atoms. The fraction of sp³-hybridized carbons (Fsp3) is 0.188. The highest BCUT2D eigenvalue weighted by Gasteiger charge is 2.11. The Kier molecular flexibility index (Phi) is 3.85. The van der Waals surface area contributed by atoms with Crippen molar-refractivity contribution >= 4 is 39.4 Å². The van der Waals surface area contributed by atoms with Gasteiger partial charge in [-0.05, 0) is 22.9 Å². The zero-order chi connectivity index (χ0) is 15.7. The fourth-order valence-corrected chi connectivity index (χ4v) is 3.05. The fourth-order valence-electron chi connectivity index (χ4n) is 2.25. The van der Waals surface area contributed by atoms with Crippen molar-refractivity contribution in [3.05, 3.63) is 46.8 Å². The number of aromatic nitrogens is 2. The van der Waals surface area contributed by atoms with Crippen molar-refractivity contribution in [3.8, 4) is 0 Å². The Morgan fingerprint density at radius 1 is 1.27 bits per heavy atom. The summed E-state index contributed by atoms with van der Waals surface area (Å²) < 4.78 is 6.08. The normalized spacial score (nSPS) is 11.0. The molecule has 5 nitrogen and oxygen atoms in total. The van der Waals surface area contributed by atoms with E-state index in [1.165, 1.54) is 23.4 Å². The summed E-state index contributed by atoms with van der Waals surface area (Å²) in [5.41, 5.74) is 0.511. The average Bonchev–Trinajstić information content (AvgIpc) is 2.55. The third-order valence-electron chi connectivity index (χ3n) is 3.45. The molecule has 3 rings (SSSR count). The predicted molar refractivity (Wildman–Crippen MR) is 87.2 cm³/mol. The summed E-state index contributed by atoms with van der Waals surface area (Å²) in [5.74, 6) is -0.228. The quantitative estimate of drug-likeness (QED) is 0.321. The predicted octanol–water partition coefficient (Wildman–Crippen LogP) is 2.35. The number of carbonyl (C=O) groups excluding carboxylic acids is 1. The van der Waals surface area contributed by atoms with Crippen molar-refractivity contribution in [1.29, 1.82) is 0 Å². The molecule has 0 aliphatic heterocycles. The van der Waals surface area contributed by atoms with Gasteiger partial charge in [-0.2, -0.15) is 0 Å². The van der Waals surface area contributed by atoms with Crippen LogP contribution in [0.25, 0.3) is 21.7 Å². The summed E-state index contributed by atoms with van der Waals surface area (Å²) in [4.78, 5) is 28.3. The Balaban J connectivity index is 2.15. The van der Waals surface area contributed by atoms with E-state index in [9.17, 15) is 9.59 Å². The largest absolute Gasteiger partial charge is 0.468 e. The van der Waals surface area contributed by atoms with E-state index in [1.54, 1.807) is 7.05 Å². The van der Waals surface area contributed by atoms with Crippen LogP contribution in [0.15, 0.2) is 46.3 Å². The first-order valence-electron chi connectivity index (χ1n) is 6.69. The number of esters is 1. The summed E-state index contributed by atoms with van der Waals surface area (Å²) in [5, 5.41) is 3.10. The topological polar surface area (TPSA) is 61.2 Å². The van der Waals surface area contributed by atoms with Gasteiger partial charge in [-0.15, -0.1) is 0 Å². The SMILES string of the molecule is COC(=O)CSc1nc2cc3ccccc3cc2c(=O)n1C. The summed E-state index contributed by atoms with van der Waals surface area (Å²) in [6.45, 7) is 0. The first-order valence-corrected chi connectivity index (χ1v) is 7.68. The van der Waals surface area contributed by atoms with E-state index in [0.29, 0.717) is 16.1 Å². The van der Waals surface area contributed by atoms with Gasteiger partial charge in [0.15, 0.2) is 5.16 Å². The number of hydrogen-bond donors (Lipinski definition) is 0. The van der Waals surface area contributed by atoms with E-state index in [1.807, 2.05) is 36.4 Å². The Labute approximate surface area is 130 Å². The van der Waals surface area contributed by atoms with Crippen LogP contribution in [-0.4, -0.2) is 28.4 Å². The average molecular weight is 314 g/mol. The number of ether oxygens (including phenoxy) is 1. The van der Waals surface area contributed by atoms with Crippen molar-refractivity contribution in [3.63, 3.8) is 0 Å². The van der Waals surface area contributed by atoms with E-state index in [2.05, 4.69) is 9.72 Å². The molecule has 0 saturated carbocycles. The maximum absolute atomic E-state index is 12.5. The number of carbonyl (C=O) groups is 1. The Morgan fingerprint density at radius 3 is 2.64 bits per heavy atom. The number of fused-ring (bicyclic) bond motifs is 2. The molecule has 22 heavy (non-hydrogen) atoms. The Bertz CT molecular complexity index is 934. The van der Waals surface area contributed by atoms with Crippen LogP contribution in [0.3, 0.4) is 0 Å². The van der Waals surface area contributed by atoms with Crippen LogP contribution in [-0.2, 0) is 16.6 Å². The Hall–Kier alpha value is -2.34. The molecule has 112 valence electrons. The van der Waals surface area contributed by atoms with Gasteiger partial charge in [0.25, 0.3) is 5.56 Å². The molecule has 1 heterocycles. The molecule has 0 saturated heterocycles. The van der Waals surface area contributed by atoms with Gasteiger partial charge in [0.1, 0.15) is 0 Å². The molecule has 0 atom stereocenters. The van der Waals surface area contributed by atoms with Gasteiger partial charge >= 0.3 is 5.97 Å². The van der Waals surface area contributed by atoms with Gasteiger partial charge < -0.3 is 4.74 Å². The molecule has 0 N–H and O–H groups in total. The molecule has 0 radical (unpaired) electrons. The first kappa shape index (κ1) is 14.6. The third kappa shape index (κ3) is 2.57. The van der Waals surface area contributed by atoms with Gasteiger partial charge in [-0.25, -0.2) is 4.98 Å². The molecule has 2 aromatic carbocycles. The monoisotopic (exact) mass is 314 g/mol. The zero-order valence-electron chi connectivity index (χ0n) is 12.2. The molecule has 0 aliphatic carbocycles. The first-order chi connectivity index (χ1) is 10.6. The minimum absolute atomic E-state index is 0.121. The highest BCUT2D eigenvalue weighted by atomic mass is 32.2. The standard InChI is InChI=1S/C16H14N2O3S/c1-18-15(20)12-7-10-5-3-4-6-11(10)8-13(12)17-16(18)22-9-14(19)21-2/h3-8H,9H2,1-2H3. The molecule has 0 bridgehead atoms. The van der Waals surface area contributed by atoms with Gasteiger partial charge in [0.05, 0.1) is 23.8 Å². The molecule has 3 aromatic rings. The van der Waals surface area contributed by atoms with Crippen molar-refractivity contribution in [2.45, 2.75) is 5.16 Å². The maximum atomic E-state index is 12.5. The minimum Gasteiger partial charge on any atom is -0.468 e. The summed E-state index contributed by atoms with van der Waals surface area (Å²) in [6.07, 6.45) is 0. The molecule has 1 aromatic heterocycles. The molecule has 0 aliphatic rings. The van der Waals surface area contributed by atoms with Crippen molar-refractivity contribution < 1.29 is 9.53 Å². The molecule has 6 heteroatoms. The number of methoxy groups -OCH3 is 1. The lowest BCUT2D eigenvalue weighted by Crippen LogP contribution is -2.20. The van der Waals surface area contributed by atoms with Crippen LogP contribution in [0.2, 0.25) is 0 Å². The van der Waals surface area contributed by atoms with Crippen LogP contribution in [0.5, 0.6) is 0 Å². The lowest BCUT2D eigenvalue weighted by atomic mass is 10.1. The van der Waals surface area contributed by atoms with Gasteiger partial charge in [0, 0.05) is 7.05 Å². The van der Waals surface area contributed by atoms with Crippen LogP contribution >= 0.6 is 11.8 Å². The highest BCUT2D eigenvalue weighted by Crippen LogP contribution is 2.22. The van der Waals surface area contributed by atoms with Gasteiger partial charge in [0.2, 0.25) is 0 Å². The number of rotatable bonds is 3. The van der Waals surface area contributed by atoms with Crippen LogP contribution in [0.1, 0.15) is 0 Å². The second-order valence-corrected chi connectivity index (χ2v) is 5.78. The van der Waals surface area contributed by atoms with Crippen molar-refractivity contribution in [2.75, 3.05) is 12.9 Å². The molecule has 0 unspecified atom stereocenters. The second-order valence-electron chi connectivity index (χ2n) is 4.84. The highest BCUT2D eigenvalue weighted by molar-refractivity contribution is 7.99. The maximum Gasteiger partial charge on any atom is 0.316 e. The van der Waals surface area contributed by atoms with Crippen LogP contribution < -0.4 is 5.56 Å². The molecule has 0 amide bonds. The molecule has 0 fully saturated rings. The van der Waals surface area contributed by atoms with Crippen LogP contribution in [0, 0.1) is 0 Å². The number of hydrogen-bond acceptors (Lipinski definition) is 5.